The summed E-state index contributed by atoms with van der Waals surface area (Å²) in [6, 6.07) is 4.34. The van der Waals surface area contributed by atoms with Gasteiger partial charge in [0.1, 0.15) is 5.82 Å². The normalized spacial score (nSPS) is 8.45. The molecule has 0 fully saturated rings. The van der Waals surface area contributed by atoms with E-state index in [1.165, 1.54) is 12.1 Å². The van der Waals surface area contributed by atoms with E-state index in [1.807, 2.05) is 20.8 Å². The lowest BCUT2D eigenvalue weighted by Gasteiger charge is -1.93. The first-order valence-corrected chi connectivity index (χ1v) is 3.99. The van der Waals surface area contributed by atoms with Gasteiger partial charge < -0.3 is 0 Å². The highest BCUT2D eigenvalue weighted by molar-refractivity contribution is 6.31. The zero-order valence-electron chi connectivity index (χ0n) is 6.99. The van der Waals surface area contributed by atoms with Crippen LogP contribution in [0.2, 0.25) is 5.02 Å². The van der Waals surface area contributed by atoms with Crippen LogP contribution in [0.25, 0.3) is 0 Å². The molecule has 1 rings (SSSR count). The third-order valence-corrected chi connectivity index (χ3v) is 1.54. The lowest BCUT2D eigenvalue weighted by atomic mass is 10.2. The highest BCUT2D eigenvalue weighted by Gasteiger charge is 1.94. The molecule has 0 aliphatic carbocycles. The molecule has 0 heterocycles. The van der Waals surface area contributed by atoms with Crippen LogP contribution >= 0.6 is 11.6 Å². The van der Waals surface area contributed by atoms with Crippen LogP contribution in [0.5, 0.6) is 0 Å². The number of aryl methyl sites for hydroxylation is 1. The fourth-order valence-electron chi connectivity index (χ4n) is 0.567. The summed E-state index contributed by atoms with van der Waals surface area (Å²) in [6.07, 6.45) is 0. The maximum atomic E-state index is 12.3. The van der Waals surface area contributed by atoms with Gasteiger partial charge in [-0.05, 0) is 24.6 Å². The van der Waals surface area contributed by atoms with Crippen molar-refractivity contribution < 1.29 is 4.39 Å². The molecule has 0 amide bonds. The van der Waals surface area contributed by atoms with Gasteiger partial charge in [0.15, 0.2) is 0 Å². The molecule has 0 aliphatic heterocycles. The largest absolute Gasteiger partial charge is 0.207 e. The molecule has 1 aromatic carbocycles. The van der Waals surface area contributed by atoms with E-state index in [9.17, 15) is 4.39 Å². The smallest absolute Gasteiger partial charge is 0.124 e. The summed E-state index contributed by atoms with van der Waals surface area (Å²) in [6.45, 7) is 5.84. The van der Waals surface area contributed by atoms with E-state index < -0.39 is 0 Å². The standard InChI is InChI=1S/C7H6ClF.C2H6/c1-5-2-3-6(9)4-7(5)8;1-2/h2-4H,1H3;1-2H3. The quantitative estimate of drug-likeness (QED) is 0.561. The van der Waals surface area contributed by atoms with Crippen molar-refractivity contribution in [3.63, 3.8) is 0 Å². The number of halogens is 2. The molecule has 0 aliphatic rings. The van der Waals surface area contributed by atoms with E-state index >= 15 is 0 Å². The Kier molecular flexibility index (Phi) is 4.88. The Morgan fingerprint density at radius 1 is 1.27 bits per heavy atom. The van der Waals surface area contributed by atoms with Crippen LogP contribution in [0.15, 0.2) is 18.2 Å². The minimum Gasteiger partial charge on any atom is -0.207 e. The molecule has 0 saturated carbocycles. The first-order chi connectivity index (χ1) is 5.20. The molecule has 0 nitrogen and oxygen atoms in total. The summed E-state index contributed by atoms with van der Waals surface area (Å²) in [5.74, 6) is -0.286. The molecule has 0 bridgehead atoms. The minimum atomic E-state index is -0.286. The molecule has 11 heavy (non-hydrogen) atoms. The molecule has 0 unspecified atom stereocenters. The summed E-state index contributed by atoms with van der Waals surface area (Å²) < 4.78 is 12.3. The highest BCUT2D eigenvalue weighted by Crippen LogP contribution is 2.14. The molecular formula is C9H12ClF. The summed E-state index contributed by atoms with van der Waals surface area (Å²) in [4.78, 5) is 0. The van der Waals surface area contributed by atoms with Gasteiger partial charge in [0, 0.05) is 5.02 Å². The Morgan fingerprint density at radius 3 is 2.18 bits per heavy atom. The van der Waals surface area contributed by atoms with Crippen molar-refractivity contribution in [2.45, 2.75) is 20.8 Å². The molecule has 0 spiro atoms. The van der Waals surface area contributed by atoms with Gasteiger partial charge >= 0.3 is 0 Å². The average molecular weight is 175 g/mol. The highest BCUT2D eigenvalue weighted by atomic mass is 35.5. The molecule has 1 aromatic rings. The van der Waals surface area contributed by atoms with E-state index in [2.05, 4.69) is 0 Å². The van der Waals surface area contributed by atoms with Gasteiger partial charge in [-0.25, -0.2) is 4.39 Å². The maximum Gasteiger partial charge on any atom is 0.124 e. The van der Waals surface area contributed by atoms with E-state index in [4.69, 9.17) is 11.6 Å². The van der Waals surface area contributed by atoms with E-state index in [-0.39, 0.29) is 5.82 Å². The van der Waals surface area contributed by atoms with Crippen molar-refractivity contribution in [2.24, 2.45) is 0 Å². The molecule has 0 atom stereocenters. The lowest BCUT2D eigenvalue weighted by Crippen LogP contribution is -1.76. The SMILES string of the molecule is CC.Cc1ccc(F)cc1Cl. The fourth-order valence-corrected chi connectivity index (χ4v) is 0.734. The summed E-state index contributed by atoms with van der Waals surface area (Å²) in [5.41, 5.74) is 0.901. The van der Waals surface area contributed by atoms with Crippen molar-refractivity contribution in [3.05, 3.63) is 34.6 Å². The van der Waals surface area contributed by atoms with Crippen LogP contribution in [0.4, 0.5) is 4.39 Å². The second-order valence-electron chi connectivity index (χ2n) is 1.89. The van der Waals surface area contributed by atoms with E-state index in [1.54, 1.807) is 6.07 Å². The van der Waals surface area contributed by atoms with Crippen LogP contribution in [0.3, 0.4) is 0 Å². The fraction of sp³-hybridized carbons (Fsp3) is 0.333. The molecule has 2 heteroatoms. The Morgan fingerprint density at radius 2 is 1.82 bits per heavy atom. The van der Waals surface area contributed by atoms with Crippen LogP contribution in [0, 0.1) is 12.7 Å². The van der Waals surface area contributed by atoms with Crippen molar-refractivity contribution in [1.29, 1.82) is 0 Å². The van der Waals surface area contributed by atoms with Crippen molar-refractivity contribution in [3.8, 4) is 0 Å². The zero-order valence-corrected chi connectivity index (χ0v) is 7.74. The van der Waals surface area contributed by atoms with Gasteiger partial charge in [0.05, 0.1) is 0 Å². The van der Waals surface area contributed by atoms with Crippen LogP contribution in [-0.2, 0) is 0 Å². The Labute approximate surface area is 72.0 Å². The predicted molar refractivity (Wildman–Crippen MR) is 47.5 cm³/mol. The van der Waals surface area contributed by atoms with Gasteiger partial charge in [-0.1, -0.05) is 31.5 Å². The Bertz CT molecular complexity index is 221. The molecule has 62 valence electrons. The Hall–Kier alpha value is -0.560. The van der Waals surface area contributed by atoms with Gasteiger partial charge in [-0.15, -0.1) is 0 Å². The second kappa shape index (κ2) is 5.14. The molecule has 0 N–H and O–H groups in total. The second-order valence-corrected chi connectivity index (χ2v) is 2.30. The third kappa shape index (κ3) is 3.38. The summed E-state index contributed by atoms with van der Waals surface area (Å²) >= 11 is 5.57. The molecule has 0 saturated heterocycles. The summed E-state index contributed by atoms with van der Waals surface area (Å²) in [5, 5.41) is 0.481. The van der Waals surface area contributed by atoms with Crippen molar-refractivity contribution >= 4 is 11.6 Å². The van der Waals surface area contributed by atoms with Crippen LogP contribution in [0.1, 0.15) is 19.4 Å². The average Bonchev–Trinajstić information content (AvgIpc) is 2.02. The van der Waals surface area contributed by atoms with Gasteiger partial charge in [0.2, 0.25) is 0 Å². The lowest BCUT2D eigenvalue weighted by molar-refractivity contribution is 0.627. The van der Waals surface area contributed by atoms with Gasteiger partial charge in [0.25, 0.3) is 0 Å². The van der Waals surface area contributed by atoms with Crippen molar-refractivity contribution in [2.75, 3.05) is 0 Å². The Balaban J connectivity index is 0.000000461. The number of benzene rings is 1. The number of hydrogen-bond donors (Lipinski definition) is 0. The molecule has 0 radical (unpaired) electrons. The van der Waals surface area contributed by atoms with E-state index in [0.717, 1.165) is 5.56 Å². The number of hydrogen-bond acceptors (Lipinski definition) is 0. The predicted octanol–water partition coefficient (Wildman–Crippen LogP) is 3.81. The van der Waals surface area contributed by atoms with Crippen LogP contribution < -0.4 is 0 Å². The van der Waals surface area contributed by atoms with Gasteiger partial charge in [-0.2, -0.15) is 0 Å². The van der Waals surface area contributed by atoms with Crippen molar-refractivity contribution in [1.82, 2.24) is 0 Å². The third-order valence-electron chi connectivity index (χ3n) is 1.13. The number of rotatable bonds is 0. The topological polar surface area (TPSA) is 0 Å². The zero-order chi connectivity index (χ0) is 8.85. The van der Waals surface area contributed by atoms with Gasteiger partial charge in [-0.3, -0.25) is 0 Å². The molecule has 0 aromatic heterocycles. The molecular weight excluding hydrogens is 163 g/mol. The minimum absolute atomic E-state index is 0.286. The van der Waals surface area contributed by atoms with E-state index in [0.29, 0.717) is 5.02 Å². The first kappa shape index (κ1) is 10.4. The monoisotopic (exact) mass is 174 g/mol. The summed E-state index contributed by atoms with van der Waals surface area (Å²) in [7, 11) is 0. The first-order valence-electron chi connectivity index (χ1n) is 3.62. The maximum absolute atomic E-state index is 12.3. The van der Waals surface area contributed by atoms with Crippen LogP contribution in [-0.4, -0.2) is 0 Å².